The van der Waals surface area contributed by atoms with Crippen LogP contribution in [0.5, 0.6) is 0 Å². The molecule has 0 aromatic carbocycles. The summed E-state index contributed by atoms with van der Waals surface area (Å²) in [6, 6.07) is 5.46. The molecule has 1 amide bonds. The number of pyridine rings is 1. The second-order valence-electron chi connectivity index (χ2n) is 4.37. The molecule has 1 fully saturated rings. The van der Waals surface area contributed by atoms with E-state index in [9.17, 15) is 4.79 Å². The SMILES string of the molecule is Cc1cccc(C(=O)NCCN2CCOCC2)n1. The normalized spacial score (nSPS) is 16.5. The molecule has 0 aliphatic carbocycles. The maximum absolute atomic E-state index is 11.8. The first-order valence-electron chi connectivity index (χ1n) is 6.27. The van der Waals surface area contributed by atoms with E-state index < -0.39 is 0 Å². The van der Waals surface area contributed by atoms with Crippen molar-refractivity contribution in [2.24, 2.45) is 0 Å². The van der Waals surface area contributed by atoms with Gasteiger partial charge in [-0.2, -0.15) is 0 Å². The maximum atomic E-state index is 11.8. The second-order valence-corrected chi connectivity index (χ2v) is 4.37. The minimum absolute atomic E-state index is 0.105. The first-order chi connectivity index (χ1) is 8.75. The minimum atomic E-state index is -0.105. The lowest BCUT2D eigenvalue weighted by molar-refractivity contribution is 0.0383. The summed E-state index contributed by atoms with van der Waals surface area (Å²) in [7, 11) is 0. The Hall–Kier alpha value is -1.46. The van der Waals surface area contributed by atoms with Gasteiger partial charge in [0.2, 0.25) is 0 Å². The number of aromatic nitrogens is 1. The molecule has 5 heteroatoms. The first-order valence-corrected chi connectivity index (χ1v) is 6.27. The molecule has 0 atom stereocenters. The number of carbonyl (C=O) groups excluding carboxylic acids is 1. The Morgan fingerprint density at radius 1 is 1.44 bits per heavy atom. The quantitative estimate of drug-likeness (QED) is 0.842. The van der Waals surface area contributed by atoms with Crippen molar-refractivity contribution < 1.29 is 9.53 Å². The molecule has 1 saturated heterocycles. The molecule has 0 spiro atoms. The highest BCUT2D eigenvalue weighted by molar-refractivity contribution is 5.92. The maximum Gasteiger partial charge on any atom is 0.269 e. The van der Waals surface area contributed by atoms with Crippen LogP contribution in [0.1, 0.15) is 16.2 Å². The monoisotopic (exact) mass is 249 g/mol. The van der Waals surface area contributed by atoms with Gasteiger partial charge >= 0.3 is 0 Å². The van der Waals surface area contributed by atoms with Crippen LogP contribution in [0, 0.1) is 6.92 Å². The fraction of sp³-hybridized carbons (Fsp3) is 0.538. The molecular weight excluding hydrogens is 230 g/mol. The third-order valence-electron chi connectivity index (χ3n) is 2.94. The number of aryl methyl sites for hydroxylation is 1. The molecule has 1 aromatic heterocycles. The Kier molecular flexibility index (Phi) is 4.66. The molecule has 2 rings (SSSR count). The summed E-state index contributed by atoms with van der Waals surface area (Å²) in [5.41, 5.74) is 1.34. The smallest absolute Gasteiger partial charge is 0.269 e. The topological polar surface area (TPSA) is 54.5 Å². The molecule has 5 nitrogen and oxygen atoms in total. The van der Waals surface area contributed by atoms with E-state index in [0.717, 1.165) is 38.5 Å². The summed E-state index contributed by atoms with van der Waals surface area (Å²) in [6.45, 7) is 6.85. The van der Waals surface area contributed by atoms with Gasteiger partial charge in [-0.3, -0.25) is 9.69 Å². The number of carbonyl (C=O) groups is 1. The third-order valence-corrected chi connectivity index (χ3v) is 2.94. The molecule has 1 aliphatic rings. The van der Waals surface area contributed by atoms with Gasteiger partial charge in [0.15, 0.2) is 0 Å². The van der Waals surface area contributed by atoms with Crippen LogP contribution in [-0.2, 0) is 4.74 Å². The van der Waals surface area contributed by atoms with Crippen molar-refractivity contribution in [3.63, 3.8) is 0 Å². The third kappa shape index (κ3) is 3.78. The van der Waals surface area contributed by atoms with E-state index in [1.54, 1.807) is 6.07 Å². The number of nitrogens with one attached hydrogen (secondary N) is 1. The number of amides is 1. The van der Waals surface area contributed by atoms with Gasteiger partial charge in [0.25, 0.3) is 5.91 Å². The zero-order valence-electron chi connectivity index (χ0n) is 10.7. The number of ether oxygens (including phenoxy) is 1. The van der Waals surface area contributed by atoms with Crippen LogP contribution < -0.4 is 5.32 Å². The summed E-state index contributed by atoms with van der Waals surface area (Å²) < 4.78 is 5.27. The Labute approximate surface area is 107 Å². The van der Waals surface area contributed by atoms with E-state index >= 15 is 0 Å². The number of nitrogens with zero attached hydrogens (tertiary/aromatic N) is 2. The van der Waals surface area contributed by atoms with E-state index in [0.29, 0.717) is 12.2 Å². The summed E-state index contributed by atoms with van der Waals surface area (Å²) in [4.78, 5) is 18.3. The summed E-state index contributed by atoms with van der Waals surface area (Å²) >= 11 is 0. The molecule has 1 aromatic rings. The van der Waals surface area contributed by atoms with E-state index in [-0.39, 0.29) is 5.91 Å². The van der Waals surface area contributed by atoms with Gasteiger partial charge < -0.3 is 10.1 Å². The van der Waals surface area contributed by atoms with Crippen molar-refractivity contribution in [2.75, 3.05) is 39.4 Å². The molecule has 0 unspecified atom stereocenters. The van der Waals surface area contributed by atoms with Gasteiger partial charge in [-0.05, 0) is 19.1 Å². The summed E-state index contributed by atoms with van der Waals surface area (Å²) in [5.74, 6) is -0.105. The molecule has 98 valence electrons. The highest BCUT2D eigenvalue weighted by atomic mass is 16.5. The second kappa shape index (κ2) is 6.47. The molecule has 18 heavy (non-hydrogen) atoms. The Bertz CT molecular complexity index is 403. The molecule has 1 N–H and O–H groups in total. The molecule has 1 aliphatic heterocycles. The first kappa shape index (κ1) is 13.0. The van der Waals surface area contributed by atoms with Crippen LogP contribution in [0.15, 0.2) is 18.2 Å². The van der Waals surface area contributed by atoms with Gasteiger partial charge in [0.05, 0.1) is 13.2 Å². The minimum Gasteiger partial charge on any atom is -0.379 e. The molecule has 0 radical (unpaired) electrons. The van der Waals surface area contributed by atoms with E-state index in [2.05, 4.69) is 15.2 Å². The lowest BCUT2D eigenvalue weighted by atomic mass is 10.3. The fourth-order valence-corrected chi connectivity index (χ4v) is 1.91. The zero-order chi connectivity index (χ0) is 12.8. The van der Waals surface area contributed by atoms with Crippen LogP contribution in [0.25, 0.3) is 0 Å². The highest BCUT2D eigenvalue weighted by Crippen LogP contribution is 1.98. The van der Waals surface area contributed by atoms with Crippen molar-refractivity contribution in [3.8, 4) is 0 Å². The largest absolute Gasteiger partial charge is 0.379 e. The van der Waals surface area contributed by atoms with Crippen LogP contribution in [-0.4, -0.2) is 55.2 Å². The average molecular weight is 249 g/mol. The van der Waals surface area contributed by atoms with Crippen LogP contribution in [0.4, 0.5) is 0 Å². The van der Waals surface area contributed by atoms with Crippen molar-refractivity contribution in [3.05, 3.63) is 29.6 Å². The predicted molar refractivity (Wildman–Crippen MR) is 68.6 cm³/mol. The molecule has 2 heterocycles. The van der Waals surface area contributed by atoms with Crippen molar-refractivity contribution in [2.45, 2.75) is 6.92 Å². The lowest BCUT2D eigenvalue weighted by Gasteiger charge is -2.26. The predicted octanol–water partition coefficient (Wildman–Crippen LogP) is 0.452. The van der Waals surface area contributed by atoms with Crippen LogP contribution in [0.3, 0.4) is 0 Å². The van der Waals surface area contributed by atoms with Gasteiger partial charge in [0, 0.05) is 31.9 Å². The fourth-order valence-electron chi connectivity index (χ4n) is 1.91. The average Bonchev–Trinajstić information content (AvgIpc) is 2.40. The number of morpholine rings is 1. The van der Waals surface area contributed by atoms with Gasteiger partial charge in [-0.25, -0.2) is 4.98 Å². The van der Waals surface area contributed by atoms with E-state index in [1.165, 1.54) is 0 Å². The van der Waals surface area contributed by atoms with Gasteiger partial charge in [0.1, 0.15) is 5.69 Å². The standard InChI is InChI=1S/C13H19N3O2/c1-11-3-2-4-12(15-11)13(17)14-5-6-16-7-9-18-10-8-16/h2-4H,5-10H2,1H3,(H,14,17). The molecule has 0 saturated carbocycles. The molecule has 0 bridgehead atoms. The van der Waals surface area contributed by atoms with E-state index in [1.807, 2.05) is 19.1 Å². The van der Waals surface area contributed by atoms with Crippen LogP contribution >= 0.6 is 0 Å². The summed E-state index contributed by atoms with van der Waals surface area (Å²) in [5, 5.41) is 2.89. The highest BCUT2D eigenvalue weighted by Gasteiger charge is 2.11. The summed E-state index contributed by atoms with van der Waals surface area (Å²) in [6.07, 6.45) is 0. The number of hydrogen-bond donors (Lipinski definition) is 1. The molecular formula is C13H19N3O2. The van der Waals surface area contributed by atoms with Crippen molar-refractivity contribution >= 4 is 5.91 Å². The van der Waals surface area contributed by atoms with E-state index in [4.69, 9.17) is 4.74 Å². The Morgan fingerprint density at radius 2 is 2.22 bits per heavy atom. The van der Waals surface area contributed by atoms with Crippen molar-refractivity contribution in [1.29, 1.82) is 0 Å². The number of hydrogen-bond acceptors (Lipinski definition) is 4. The van der Waals surface area contributed by atoms with Gasteiger partial charge in [-0.15, -0.1) is 0 Å². The Balaban J connectivity index is 1.74. The zero-order valence-corrected chi connectivity index (χ0v) is 10.7. The number of rotatable bonds is 4. The lowest BCUT2D eigenvalue weighted by Crippen LogP contribution is -2.41. The van der Waals surface area contributed by atoms with Gasteiger partial charge in [-0.1, -0.05) is 6.07 Å². The Morgan fingerprint density at radius 3 is 2.94 bits per heavy atom. The van der Waals surface area contributed by atoms with Crippen LogP contribution in [0.2, 0.25) is 0 Å². The van der Waals surface area contributed by atoms with Crippen molar-refractivity contribution in [1.82, 2.24) is 15.2 Å².